The summed E-state index contributed by atoms with van der Waals surface area (Å²) in [6.45, 7) is 0.582. The fourth-order valence-corrected chi connectivity index (χ4v) is 2.20. The number of primary amides is 1. The summed E-state index contributed by atoms with van der Waals surface area (Å²) in [6.07, 6.45) is 4.64. The van der Waals surface area contributed by atoms with Crippen LogP contribution in [0.5, 0.6) is 0 Å². The molecule has 19 heavy (non-hydrogen) atoms. The van der Waals surface area contributed by atoms with E-state index < -0.39 is 11.9 Å². The minimum Gasteiger partial charge on any atom is -0.399 e. The standard InChI is InChI=1S/C14H17N3O2/c15-11-6-3-10(4-7-11)5-8-13(18)17-9-1-2-12(17)14(16)19/h3-8,12H,1-2,9,15H2,(H2,16,19)/b8-5+. The van der Waals surface area contributed by atoms with Crippen LogP contribution < -0.4 is 11.5 Å². The minimum atomic E-state index is -0.469. The molecule has 5 heteroatoms. The summed E-state index contributed by atoms with van der Waals surface area (Å²) in [5.41, 5.74) is 12.4. The van der Waals surface area contributed by atoms with Gasteiger partial charge in [-0.25, -0.2) is 0 Å². The molecule has 1 atom stereocenters. The molecule has 1 aliphatic rings. The van der Waals surface area contributed by atoms with Gasteiger partial charge >= 0.3 is 0 Å². The highest BCUT2D eigenvalue weighted by atomic mass is 16.2. The van der Waals surface area contributed by atoms with E-state index in [-0.39, 0.29) is 5.91 Å². The molecule has 0 bridgehead atoms. The van der Waals surface area contributed by atoms with Gasteiger partial charge in [-0.2, -0.15) is 0 Å². The highest BCUT2D eigenvalue weighted by Gasteiger charge is 2.31. The topological polar surface area (TPSA) is 89.4 Å². The van der Waals surface area contributed by atoms with Crippen LogP contribution in [0.25, 0.3) is 6.08 Å². The smallest absolute Gasteiger partial charge is 0.247 e. The predicted octanol–water partition coefficient (Wildman–Crippen LogP) is 0.758. The van der Waals surface area contributed by atoms with E-state index in [9.17, 15) is 9.59 Å². The highest BCUT2D eigenvalue weighted by molar-refractivity contribution is 5.95. The SMILES string of the molecule is NC(=O)C1CCCN1C(=O)/C=C/c1ccc(N)cc1. The summed E-state index contributed by atoms with van der Waals surface area (Å²) in [5, 5.41) is 0. The maximum Gasteiger partial charge on any atom is 0.247 e. The molecule has 1 aromatic rings. The van der Waals surface area contributed by atoms with Gasteiger partial charge in [-0.05, 0) is 36.6 Å². The molecular weight excluding hydrogens is 242 g/mol. The lowest BCUT2D eigenvalue weighted by Crippen LogP contribution is -2.42. The van der Waals surface area contributed by atoms with Crippen molar-refractivity contribution in [2.45, 2.75) is 18.9 Å². The van der Waals surface area contributed by atoms with Gasteiger partial charge in [-0.1, -0.05) is 12.1 Å². The van der Waals surface area contributed by atoms with Gasteiger partial charge in [-0.3, -0.25) is 9.59 Å². The van der Waals surface area contributed by atoms with Crippen molar-refractivity contribution in [2.75, 3.05) is 12.3 Å². The lowest BCUT2D eigenvalue weighted by atomic mass is 10.2. The van der Waals surface area contributed by atoms with Crippen LogP contribution in [0.3, 0.4) is 0 Å². The molecule has 0 aliphatic carbocycles. The van der Waals surface area contributed by atoms with E-state index in [2.05, 4.69) is 0 Å². The second-order valence-electron chi connectivity index (χ2n) is 4.59. The first-order valence-electron chi connectivity index (χ1n) is 6.21. The number of nitrogens with zero attached hydrogens (tertiary/aromatic N) is 1. The second kappa shape index (κ2) is 5.56. The molecule has 1 aromatic carbocycles. The summed E-state index contributed by atoms with van der Waals surface area (Å²) in [7, 11) is 0. The molecule has 1 unspecified atom stereocenters. The number of nitrogens with two attached hydrogens (primary N) is 2. The van der Waals surface area contributed by atoms with Crippen LogP contribution in [0, 0.1) is 0 Å². The quantitative estimate of drug-likeness (QED) is 0.620. The molecule has 0 spiro atoms. The van der Waals surface area contributed by atoms with Crippen molar-refractivity contribution in [3.8, 4) is 0 Å². The van der Waals surface area contributed by atoms with Gasteiger partial charge in [0.25, 0.3) is 0 Å². The van der Waals surface area contributed by atoms with Gasteiger partial charge in [0.15, 0.2) is 0 Å². The predicted molar refractivity (Wildman–Crippen MR) is 73.8 cm³/mol. The molecule has 4 N–H and O–H groups in total. The van der Waals surface area contributed by atoms with Crippen molar-refractivity contribution in [2.24, 2.45) is 5.73 Å². The minimum absolute atomic E-state index is 0.182. The maximum absolute atomic E-state index is 12.0. The van der Waals surface area contributed by atoms with Gasteiger partial charge in [0.05, 0.1) is 0 Å². The Morgan fingerprint density at radius 2 is 1.95 bits per heavy atom. The van der Waals surface area contributed by atoms with E-state index in [0.29, 0.717) is 18.7 Å². The van der Waals surface area contributed by atoms with E-state index in [0.717, 1.165) is 12.0 Å². The largest absolute Gasteiger partial charge is 0.399 e. The van der Waals surface area contributed by atoms with Gasteiger partial charge < -0.3 is 16.4 Å². The first kappa shape index (κ1) is 13.1. The Bertz CT molecular complexity index is 508. The van der Waals surface area contributed by atoms with Gasteiger partial charge in [0, 0.05) is 18.3 Å². The molecule has 100 valence electrons. The van der Waals surface area contributed by atoms with Gasteiger partial charge in [0.2, 0.25) is 11.8 Å². The van der Waals surface area contributed by atoms with E-state index in [1.807, 2.05) is 12.1 Å². The molecule has 1 aliphatic heterocycles. The Balaban J connectivity index is 2.04. The number of carbonyl (C=O) groups excluding carboxylic acids is 2. The average molecular weight is 259 g/mol. The number of hydrogen-bond acceptors (Lipinski definition) is 3. The van der Waals surface area contributed by atoms with Crippen LogP contribution in [-0.2, 0) is 9.59 Å². The third-order valence-electron chi connectivity index (χ3n) is 3.22. The number of hydrogen-bond donors (Lipinski definition) is 2. The molecule has 1 saturated heterocycles. The van der Waals surface area contributed by atoms with Crippen LogP contribution in [0.4, 0.5) is 5.69 Å². The van der Waals surface area contributed by atoms with Crippen LogP contribution in [0.1, 0.15) is 18.4 Å². The normalized spacial score (nSPS) is 18.9. The number of likely N-dealkylation sites (tertiary alicyclic amines) is 1. The van der Waals surface area contributed by atoms with E-state index >= 15 is 0 Å². The molecule has 0 saturated carbocycles. The van der Waals surface area contributed by atoms with Crippen molar-refractivity contribution in [1.82, 2.24) is 4.90 Å². The zero-order chi connectivity index (χ0) is 13.8. The van der Waals surface area contributed by atoms with Crippen LogP contribution in [0.2, 0.25) is 0 Å². The summed E-state index contributed by atoms with van der Waals surface area (Å²) in [6, 6.07) is 6.73. The molecular formula is C14H17N3O2. The Hall–Kier alpha value is -2.30. The van der Waals surface area contributed by atoms with Crippen LogP contribution >= 0.6 is 0 Å². The van der Waals surface area contributed by atoms with Crippen molar-refractivity contribution in [1.29, 1.82) is 0 Å². The molecule has 0 aromatic heterocycles. The van der Waals surface area contributed by atoms with E-state index in [1.54, 1.807) is 18.2 Å². The zero-order valence-corrected chi connectivity index (χ0v) is 10.6. The second-order valence-corrected chi connectivity index (χ2v) is 4.59. The maximum atomic E-state index is 12.0. The van der Waals surface area contributed by atoms with Gasteiger partial charge in [-0.15, -0.1) is 0 Å². The Kier molecular flexibility index (Phi) is 3.85. The summed E-state index contributed by atoms with van der Waals surface area (Å²) in [5.74, 6) is -0.621. The third-order valence-corrected chi connectivity index (χ3v) is 3.22. The van der Waals surface area contributed by atoms with E-state index in [4.69, 9.17) is 11.5 Å². The fourth-order valence-electron chi connectivity index (χ4n) is 2.20. The molecule has 1 fully saturated rings. The van der Waals surface area contributed by atoms with Crippen molar-refractivity contribution in [3.05, 3.63) is 35.9 Å². The number of nitrogen functional groups attached to an aromatic ring is 1. The Morgan fingerprint density at radius 3 is 2.58 bits per heavy atom. The summed E-state index contributed by atoms with van der Waals surface area (Å²) < 4.78 is 0. The van der Waals surface area contributed by atoms with Crippen LogP contribution in [-0.4, -0.2) is 29.3 Å². The summed E-state index contributed by atoms with van der Waals surface area (Å²) >= 11 is 0. The number of benzene rings is 1. The van der Waals surface area contributed by atoms with E-state index in [1.165, 1.54) is 11.0 Å². The molecule has 1 heterocycles. The zero-order valence-electron chi connectivity index (χ0n) is 10.6. The van der Waals surface area contributed by atoms with Crippen molar-refractivity contribution < 1.29 is 9.59 Å². The molecule has 0 radical (unpaired) electrons. The number of rotatable bonds is 3. The summed E-state index contributed by atoms with van der Waals surface area (Å²) in [4.78, 5) is 24.7. The Morgan fingerprint density at radius 1 is 1.26 bits per heavy atom. The lowest BCUT2D eigenvalue weighted by molar-refractivity contribution is -0.133. The average Bonchev–Trinajstić information content (AvgIpc) is 2.87. The highest BCUT2D eigenvalue weighted by Crippen LogP contribution is 2.17. The first-order valence-corrected chi connectivity index (χ1v) is 6.21. The third kappa shape index (κ3) is 3.13. The first-order chi connectivity index (χ1) is 9.08. The van der Waals surface area contributed by atoms with Crippen molar-refractivity contribution >= 4 is 23.6 Å². The number of carbonyl (C=O) groups is 2. The number of amides is 2. The number of anilines is 1. The molecule has 2 amide bonds. The molecule has 5 nitrogen and oxygen atoms in total. The van der Waals surface area contributed by atoms with Crippen LogP contribution in [0.15, 0.2) is 30.3 Å². The van der Waals surface area contributed by atoms with Crippen molar-refractivity contribution in [3.63, 3.8) is 0 Å². The van der Waals surface area contributed by atoms with Gasteiger partial charge in [0.1, 0.15) is 6.04 Å². The fraction of sp³-hybridized carbons (Fsp3) is 0.286. The molecule has 2 rings (SSSR count). The lowest BCUT2D eigenvalue weighted by Gasteiger charge is -2.20. The monoisotopic (exact) mass is 259 g/mol. The Labute approximate surface area is 111 Å².